The van der Waals surface area contributed by atoms with Crippen molar-refractivity contribution in [3.05, 3.63) is 59.8 Å². The molecule has 21 heavy (non-hydrogen) atoms. The van der Waals surface area contributed by atoms with E-state index in [0.717, 1.165) is 34.0 Å². The molecule has 1 aromatic heterocycles. The van der Waals surface area contributed by atoms with Crippen molar-refractivity contribution in [1.82, 2.24) is 4.57 Å². The Kier molecular flexibility index (Phi) is 4.02. The van der Waals surface area contributed by atoms with Crippen LogP contribution in [-0.2, 0) is 6.54 Å². The molecule has 0 spiro atoms. The molecule has 0 bridgehead atoms. The zero-order chi connectivity index (χ0) is 14.7. The number of benzene rings is 2. The number of methoxy groups -OCH3 is 1. The number of hydrogen-bond acceptors (Lipinski definition) is 2. The molecule has 0 radical (unpaired) electrons. The largest absolute Gasteiger partial charge is 0.493 e. The smallest absolute Gasteiger partial charge is 0.161 e. The summed E-state index contributed by atoms with van der Waals surface area (Å²) in [6.07, 6.45) is 2.03. The van der Waals surface area contributed by atoms with Crippen LogP contribution in [0.1, 0.15) is 0 Å². The van der Waals surface area contributed by atoms with E-state index < -0.39 is 0 Å². The third-order valence-corrected chi connectivity index (χ3v) is 3.70. The number of fused-ring (bicyclic) bond motifs is 1. The van der Waals surface area contributed by atoms with Gasteiger partial charge in [0, 0.05) is 11.6 Å². The highest BCUT2D eigenvalue weighted by molar-refractivity contribution is 6.35. The van der Waals surface area contributed by atoms with E-state index in [9.17, 15) is 0 Å². The van der Waals surface area contributed by atoms with Gasteiger partial charge in [0.1, 0.15) is 6.61 Å². The van der Waals surface area contributed by atoms with E-state index in [2.05, 4.69) is 16.7 Å². The van der Waals surface area contributed by atoms with Gasteiger partial charge in [0.2, 0.25) is 0 Å². The second-order valence-electron chi connectivity index (χ2n) is 4.69. The molecule has 1 heterocycles. The van der Waals surface area contributed by atoms with Gasteiger partial charge in [0.25, 0.3) is 0 Å². The summed E-state index contributed by atoms with van der Waals surface area (Å²) < 4.78 is 13.2. The summed E-state index contributed by atoms with van der Waals surface area (Å²) in [5.74, 6) is 1.50. The third kappa shape index (κ3) is 2.83. The lowest BCUT2D eigenvalue weighted by Gasteiger charge is -2.11. The van der Waals surface area contributed by atoms with Gasteiger partial charge < -0.3 is 14.0 Å². The molecule has 108 valence electrons. The fourth-order valence-corrected chi connectivity index (χ4v) is 2.68. The van der Waals surface area contributed by atoms with Crippen LogP contribution in [0, 0.1) is 0 Å². The van der Waals surface area contributed by atoms with Crippen molar-refractivity contribution in [3.8, 4) is 11.5 Å². The van der Waals surface area contributed by atoms with Crippen LogP contribution in [0.3, 0.4) is 0 Å². The summed E-state index contributed by atoms with van der Waals surface area (Å²) >= 11 is 6.27. The van der Waals surface area contributed by atoms with Gasteiger partial charge in [-0.05, 0) is 24.3 Å². The Hall–Kier alpha value is -2.13. The lowest BCUT2D eigenvalue weighted by atomic mass is 10.2. The summed E-state index contributed by atoms with van der Waals surface area (Å²) in [7, 11) is 1.64. The van der Waals surface area contributed by atoms with Gasteiger partial charge in [0.05, 0.1) is 24.2 Å². The van der Waals surface area contributed by atoms with Crippen LogP contribution >= 0.6 is 11.6 Å². The molecule has 3 rings (SSSR count). The highest BCUT2D eigenvalue weighted by Crippen LogP contribution is 2.27. The maximum absolute atomic E-state index is 6.27. The first-order valence-corrected chi connectivity index (χ1v) is 7.16. The molecule has 0 saturated heterocycles. The summed E-state index contributed by atoms with van der Waals surface area (Å²) in [5, 5.41) is 1.90. The minimum absolute atomic E-state index is 0.551. The molecule has 0 N–H and O–H groups in total. The van der Waals surface area contributed by atoms with Crippen molar-refractivity contribution < 1.29 is 9.47 Å². The van der Waals surface area contributed by atoms with Gasteiger partial charge in [-0.1, -0.05) is 35.9 Å². The van der Waals surface area contributed by atoms with E-state index in [1.54, 1.807) is 7.11 Å². The molecule has 0 saturated carbocycles. The van der Waals surface area contributed by atoms with Crippen LogP contribution in [0.15, 0.2) is 54.7 Å². The van der Waals surface area contributed by atoms with E-state index >= 15 is 0 Å². The first-order chi connectivity index (χ1) is 10.3. The minimum Gasteiger partial charge on any atom is -0.493 e. The second kappa shape index (κ2) is 6.10. The number of ether oxygens (including phenoxy) is 2. The van der Waals surface area contributed by atoms with Gasteiger partial charge in [0.15, 0.2) is 11.5 Å². The Morgan fingerprint density at radius 1 is 1.00 bits per heavy atom. The summed E-state index contributed by atoms with van der Waals surface area (Å²) in [5.41, 5.74) is 1.04. The summed E-state index contributed by atoms with van der Waals surface area (Å²) in [4.78, 5) is 0. The topological polar surface area (TPSA) is 23.4 Å². The number of hydrogen-bond donors (Lipinski definition) is 0. The number of aromatic nitrogens is 1. The van der Waals surface area contributed by atoms with Gasteiger partial charge in [-0.25, -0.2) is 0 Å². The van der Waals surface area contributed by atoms with Gasteiger partial charge in [-0.3, -0.25) is 0 Å². The molecule has 2 aromatic carbocycles. The van der Waals surface area contributed by atoms with Crippen molar-refractivity contribution in [3.63, 3.8) is 0 Å². The number of rotatable bonds is 5. The Labute approximate surface area is 128 Å². The molecule has 3 aromatic rings. The molecule has 0 aliphatic rings. The fourth-order valence-electron chi connectivity index (χ4n) is 2.39. The Bertz CT molecular complexity index is 751. The van der Waals surface area contributed by atoms with Crippen LogP contribution in [0.5, 0.6) is 11.5 Å². The van der Waals surface area contributed by atoms with Crippen molar-refractivity contribution in [2.45, 2.75) is 6.54 Å². The van der Waals surface area contributed by atoms with Crippen molar-refractivity contribution >= 4 is 22.5 Å². The quantitative estimate of drug-likeness (QED) is 0.698. The Morgan fingerprint density at radius 3 is 2.62 bits per heavy atom. The van der Waals surface area contributed by atoms with Crippen LogP contribution < -0.4 is 9.47 Å². The van der Waals surface area contributed by atoms with Crippen LogP contribution in [0.25, 0.3) is 10.9 Å². The fraction of sp³-hybridized carbons (Fsp3) is 0.176. The van der Waals surface area contributed by atoms with E-state index in [1.165, 1.54) is 0 Å². The lowest BCUT2D eigenvalue weighted by Crippen LogP contribution is -2.07. The molecular weight excluding hydrogens is 286 g/mol. The molecule has 0 unspecified atom stereocenters. The Balaban J connectivity index is 1.72. The average molecular weight is 302 g/mol. The molecule has 3 nitrogen and oxygen atoms in total. The monoisotopic (exact) mass is 301 g/mol. The third-order valence-electron chi connectivity index (χ3n) is 3.40. The van der Waals surface area contributed by atoms with Gasteiger partial charge >= 0.3 is 0 Å². The second-order valence-corrected chi connectivity index (χ2v) is 5.09. The number of nitrogens with zero attached hydrogens (tertiary/aromatic N) is 1. The number of para-hydroxylation sites is 3. The normalized spacial score (nSPS) is 10.8. The minimum atomic E-state index is 0.551. The molecular formula is C17H16ClNO2. The van der Waals surface area contributed by atoms with Gasteiger partial charge in [-0.2, -0.15) is 0 Å². The van der Waals surface area contributed by atoms with E-state index in [0.29, 0.717) is 6.61 Å². The first kappa shape index (κ1) is 13.8. The number of halogens is 1. The van der Waals surface area contributed by atoms with Crippen LogP contribution in [0.4, 0.5) is 0 Å². The van der Waals surface area contributed by atoms with Crippen LogP contribution in [-0.4, -0.2) is 18.3 Å². The average Bonchev–Trinajstić information content (AvgIpc) is 2.92. The summed E-state index contributed by atoms with van der Waals surface area (Å²) in [6, 6.07) is 15.6. The maximum atomic E-state index is 6.27. The van der Waals surface area contributed by atoms with Crippen molar-refractivity contribution in [1.29, 1.82) is 0 Å². The molecule has 0 amide bonds. The standard InChI is InChI=1S/C17H16ClNO2/c1-20-15-7-2-3-8-16(15)21-12-11-19-10-9-13-5-4-6-14(18)17(13)19/h2-10H,11-12H2,1H3. The van der Waals surface area contributed by atoms with E-state index in [-0.39, 0.29) is 0 Å². The predicted octanol–water partition coefficient (Wildman–Crippen LogP) is 4.38. The van der Waals surface area contributed by atoms with E-state index in [4.69, 9.17) is 21.1 Å². The molecule has 0 fully saturated rings. The SMILES string of the molecule is COc1ccccc1OCCn1ccc2cccc(Cl)c21. The maximum Gasteiger partial charge on any atom is 0.161 e. The van der Waals surface area contributed by atoms with Crippen molar-refractivity contribution in [2.75, 3.05) is 13.7 Å². The molecule has 0 atom stereocenters. The van der Waals surface area contributed by atoms with Crippen molar-refractivity contribution in [2.24, 2.45) is 0 Å². The predicted molar refractivity (Wildman–Crippen MR) is 85.4 cm³/mol. The molecule has 0 aliphatic heterocycles. The zero-order valence-electron chi connectivity index (χ0n) is 11.8. The van der Waals surface area contributed by atoms with Crippen LogP contribution in [0.2, 0.25) is 5.02 Å². The summed E-state index contributed by atoms with van der Waals surface area (Å²) in [6.45, 7) is 1.28. The highest BCUT2D eigenvalue weighted by Gasteiger charge is 2.06. The highest BCUT2D eigenvalue weighted by atomic mass is 35.5. The zero-order valence-corrected chi connectivity index (χ0v) is 12.5. The molecule has 0 aliphatic carbocycles. The Morgan fingerprint density at radius 2 is 1.81 bits per heavy atom. The molecule has 4 heteroatoms. The first-order valence-electron chi connectivity index (χ1n) is 6.79. The van der Waals surface area contributed by atoms with E-state index in [1.807, 2.05) is 42.6 Å². The lowest BCUT2D eigenvalue weighted by molar-refractivity contribution is 0.281. The van der Waals surface area contributed by atoms with Gasteiger partial charge in [-0.15, -0.1) is 0 Å².